The molecule has 1 N–H and O–H groups in total. The van der Waals surface area contributed by atoms with Gasteiger partial charge in [0.15, 0.2) is 0 Å². The van der Waals surface area contributed by atoms with Crippen LogP contribution in [-0.2, 0) is 17.9 Å². The van der Waals surface area contributed by atoms with Gasteiger partial charge in [0.1, 0.15) is 0 Å². The van der Waals surface area contributed by atoms with Gasteiger partial charge in [-0.25, -0.2) is 0 Å². The smallest absolute Gasteiger partial charge is 0.0724 e. The van der Waals surface area contributed by atoms with Crippen molar-refractivity contribution in [3.8, 4) is 0 Å². The summed E-state index contributed by atoms with van der Waals surface area (Å²) < 4.78 is 5.61. The lowest BCUT2D eigenvalue weighted by Gasteiger charge is -2.11. The third-order valence-corrected chi connectivity index (χ3v) is 2.69. The van der Waals surface area contributed by atoms with Crippen molar-refractivity contribution in [1.82, 2.24) is 5.32 Å². The number of hydrogen-bond acceptors (Lipinski definition) is 2. The van der Waals surface area contributed by atoms with Gasteiger partial charge in [0.2, 0.25) is 0 Å². The van der Waals surface area contributed by atoms with Gasteiger partial charge in [-0.3, -0.25) is 0 Å². The average Bonchev–Trinajstić information content (AvgIpc) is 2.36. The van der Waals surface area contributed by atoms with Crippen molar-refractivity contribution in [2.24, 2.45) is 5.92 Å². The number of rotatable bonds is 8. The predicted molar refractivity (Wildman–Crippen MR) is 77.5 cm³/mol. The molecule has 2 heteroatoms. The molecule has 1 aromatic rings. The first-order chi connectivity index (χ1) is 8.74. The molecule has 0 amide bonds. The van der Waals surface area contributed by atoms with Crippen molar-refractivity contribution in [1.29, 1.82) is 0 Å². The zero-order valence-electron chi connectivity index (χ0n) is 11.8. The molecule has 0 aliphatic carbocycles. The quantitative estimate of drug-likeness (QED) is 0.560. The Hall–Kier alpha value is -1.12. The van der Waals surface area contributed by atoms with Crippen LogP contribution in [0.25, 0.3) is 0 Å². The zero-order chi connectivity index (χ0) is 13.2. The molecule has 0 bridgehead atoms. The second-order valence-corrected chi connectivity index (χ2v) is 4.88. The first-order valence-electron chi connectivity index (χ1n) is 6.70. The summed E-state index contributed by atoms with van der Waals surface area (Å²) in [5, 5.41) is 3.47. The van der Waals surface area contributed by atoms with Crippen LogP contribution >= 0.6 is 0 Å². The second kappa shape index (κ2) is 8.90. The number of nitrogens with one attached hydrogen (secondary N) is 1. The van der Waals surface area contributed by atoms with Crippen LogP contribution in [0.5, 0.6) is 0 Å². The van der Waals surface area contributed by atoms with E-state index in [4.69, 9.17) is 4.74 Å². The molecule has 18 heavy (non-hydrogen) atoms. The summed E-state index contributed by atoms with van der Waals surface area (Å²) in [7, 11) is 0. The first-order valence-corrected chi connectivity index (χ1v) is 6.70. The van der Waals surface area contributed by atoms with E-state index in [9.17, 15) is 0 Å². The molecule has 0 unspecified atom stereocenters. The van der Waals surface area contributed by atoms with Crippen LogP contribution < -0.4 is 5.32 Å². The van der Waals surface area contributed by atoms with Gasteiger partial charge in [-0.15, -0.1) is 0 Å². The van der Waals surface area contributed by atoms with Crippen LogP contribution in [0.15, 0.2) is 36.4 Å². The molecule has 0 radical (unpaired) electrons. The van der Waals surface area contributed by atoms with Crippen molar-refractivity contribution in [2.75, 3.05) is 13.2 Å². The Kier molecular flexibility index (Phi) is 7.38. The summed E-state index contributed by atoms with van der Waals surface area (Å²) in [4.78, 5) is 0. The lowest BCUT2D eigenvalue weighted by atomic mass is 10.1. The Morgan fingerprint density at radius 1 is 1.22 bits per heavy atom. The molecule has 1 aromatic carbocycles. The topological polar surface area (TPSA) is 21.3 Å². The SMILES string of the molecule is CC=CCOCc1ccccc1CNCC(C)C. The van der Waals surface area contributed by atoms with E-state index in [1.165, 1.54) is 11.1 Å². The monoisotopic (exact) mass is 247 g/mol. The van der Waals surface area contributed by atoms with E-state index in [1.54, 1.807) is 0 Å². The molecular formula is C16H25NO. The van der Waals surface area contributed by atoms with Gasteiger partial charge >= 0.3 is 0 Å². The van der Waals surface area contributed by atoms with Crippen LogP contribution in [0, 0.1) is 5.92 Å². The summed E-state index contributed by atoms with van der Waals surface area (Å²) in [5.74, 6) is 0.683. The van der Waals surface area contributed by atoms with Gasteiger partial charge in [0.25, 0.3) is 0 Å². The van der Waals surface area contributed by atoms with Gasteiger partial charge in [-0.1, -0.05) is 50.3 Å². The fourth-order valence-corrected chi connectivity index (χ4v) is 1.70. The van der Waals surface area contributed by atoms with Gasteiger partial charge in [0.05, 0.1) is 13.2 Å². The fraction of sp³-hybridized carbons (Fsp3) is 0.500. The average molecular weight is 247 g/mol. The molecule has 2 nitrogen and oxygen atoms in total. The first kappa shape index (κ1) is 14.9. The lowest BCUT2D eigenvalue weighted by Crippen LogP contribution is -2.19. The molecule has 1 rings (SSSR count). The molecule has 0 aromatic heterocycles. The number of ether oxygens (including phenoxy) is 1. The molecule has 0 heterocycles. The number of benzene rings is 1. The molecule has 100 valence electrons. The number of allylic oxidation sites excluding steroid dienone is 1. The van der Waals surface area contributed by atoms with Crippen LogP contribution in [0.3, 0.4) is 0 Å². The van der Waals surface area contributed by atoms with E-state index in [1.807, 2.05) is 19.1 Å². The summed E-state index contributed by atoms with van der Waals surface area (Å²) in [6.45, 7) is 9.79. The van der Waals surface area contributed by atoms with Crippen molar-refractivity contribution in [2.45, 2.75) is 33.9 Å². The maximum absolute atomic E-state index is 5.61. The Labute approximate surface area is 111 Å². The van der Waals surface area contributed by atoms with E-state index in [0.29, 0.717) is 19.1 Å². The molecule has 0 saturated heterocycles. The van der Waals surface area contributed by atoms with E-state index in [0.717, 1.165) is 13.1 Å². The molecule has 0 atom stereocenters. The van der Waals surface area contributed by atoms with Crippen molar-refractivity contribution in [3.05, 3.63) is 47.5 Å². The minimum Gasteiger partial charge on any atom is -0.373 e. The van der Waals surface area contributed by atoms with Crippen molar-refractivity contribution in [3.63, 3.8) is 0 Å². The third kappa shape index (κ3) is 5.99. The van der Waals surface area contributed by atoms with Gasteiger partial charge in [-0.2, -0.15) is 0 Å². The van der Waals surface area contributed by atoms with Crippen LogP contribution in [0.4, 0.5) is 0 Å². The normalized spacial score (nSPS) is 11.6. The highest BCUT2D eigenvalue weighted by atomic mass is 16.5. The molecule has 0 spiro atoms. The van der Waals surface area contributed by atoms with Crippen LogP contribution in [0.2, 0.25) is 0 Å². The Morgan fingerprint density at radius 3 is 2.61 bits per heavy atom. The van der Waals surface area contributed by atoms with E-state index >= 15 is 0 Å². The van der Waals surface area contributed by atoms with E-state index in [-0.39, 0.29) is 0 Å². The largest absolute Gasteiger partial charge is 0.373 e. The molecule has 0 aliphatic heterocycles. The zero-order valence-corrected chi connectivity index (χ0v) is 11.8. The van der Waals surface area contributed by atoms with Gasteiger partial charge < -0.3 is 10.1 Å². The summed E-state index contributed by atoms with van der Waals surface area (Å²) in [5.41, 5.74) is 2.61. The van der Waals surface area contributed by atoms with Crippen LogP contribution in [-0.4, -0.2) is 13.2 Å². The van der Waals surface area contributed by atoms with Gasteiger partial charge in [-0.05, 0) is 30.5 Å². The highest BCUT2D eigenvalue weighted by Crippen LogP contribution is 2.10. The van der Waals surface area contributed by atoms with Gasteiger partial charge in [0, 0.05) is 6.54 Å². The molecule has 0 aliphatic rings. The Morgan fingerprint density at radius 2 is 1.94 bits per heavy atom. The summed E-state index contributed by atoms with van der Waals surface area (Å²) >= 11 is 0. The van der Waals surface area contributed by atoms with E-state index < -0.39 is 0 Å². The lowest BCUT2D eigenvalue weighted by molar-refractivity contribution is 0.148. The van der Waals surface area contributed by atoms with Crippen molar-refractivity contribution >= 4 is 0 Å². The Balaban J connectivity index is 2.45. The maximum Gasteiger partial charge on any atom is 0.0724 e. The Bertz CT molecular complexity index is 358. The molecule has 0 saturated carbocycles. The number of hydrogen-bond donors (Lipinski definition) is 1. The highest BCUT2D eigenvalue weighted by molar-refractivity contribution is 5.26. The molecular weight excluding hydrogens is 222 g/mol. The summed E-state index contributed by atoms with van der Waals surface area (Å²) in [6.07, 6.45) is 4.04. The fourth-order valence-electron chi connectivity index (χ4n) is 1.70. The standard InChI is InChI=1S/C16H25NO/c1-4-5-10-18-13-16-9-7-6-8-15(16)12-17-11-14(2)3/h4-9,14,17H,10-13H2,1-3H3. The minimum absolute atomic E-state index is 0.683. The maximum atomic E-state index is 5.61. The summed E-state index contributed by atoms with van der Waals surface area (Å²) in [6, 6.07) is 8.46. The second-order valence-electron chi connectivity index (χ2n) is 4.88. The highest BCUT2D eigenvalue weighted by Gasteiger charge is 2.01. The van der Waals surface area contributed by atoms with Crippen molar-refractivity contribution < 1.29 is 4.74 Å². The van der Waals surface area contributed by atoms with E-state index in [2.05, 4.69) is 43.4 Å². The van der Waals surface area contributed by atoms with Crippen LogP contribution in [0.1, 0.15) is 31.9 Å². The minimum atomic E-state index is 0.683. The predicted octanol–water partition coefficient (Wildman–Crippen LogP) is 3.52. The molecule has 0 fully saturated rings. The third-order valence-electron chi connectivity index (χ3n) is 2.69.